The topological polar surface area (TPSA) is 132 Å². The third-order valence-electron chi connectivity index (χ3n) is 3.11. The lowest BCUT2D eigenvalue weighted by Gasteiger charge is -2.09. The van der Waals surface area contributed by atoms with Crippen LogP contribution < -0.4 is 10.0 Å². The van der Waals surface area contributed by atoms with Gasteiger partial charge >= 0.3 is 6.01 Å². The highest BCUT2D eigenvalue weighted by Crippen LogP contribution is 2.26. The first-order valence-corrected chi connectivity index (χ1v) is 7.62. The standard InChI is InChI=1S/C11H11N5O4S/c12-21(18,19)8-4-9(17)16(6-8)11-15-14-10(20-11)7-2-1-3-13-5-7/h1-3,5,8H,4,6H2,(H2,12,18,19). The third kappa shape index (κ3) is 2.62. The molecule has 1 fully saturated rings. The number of hydrogen-bond acceptors (Lipinski definition) is 7. The Balaban J connectivity index is 1.86. The molecule has 10 heteroatoms. The van der Waals surface area contributed by atoms with E-state index in [4.69, 9.17) is 9.56 Å². The van der Waals surface area contributed by atoms with Gasteiger partial charge in [0, 0.05) is 25.4 Å². The fourth-order valence-electron chi connectivity index (χ4n) is 2.01. The van der Waals surface area contributed by atoms with E-state index >= 15 is 0 Å². The minimum atomic E-state index is -3.78. The van der Waals surface area contributed by atoms with Crippen molar-refractivity contribution in [3.8, 4) is 11.5 Å². The van der Waals surface area contributed by atoms with Gasteiger partial charge in [0.05, 0.1) is 5.56 Å². The molecule has 3 heterocycles. The number of anilines is 1. The zero-order valence-corrected chi connectivity index (χ0v) is 11.5. The molecule has 0 radical (unpaired) electrons. The zero-order chi connectivity index (χ0) is 15.0. The van der Waals surface area contributed by atoms with Crippen LogP contribution in [-0.4, -0.2) is 41.3 Å². The highest BCUT2D eigenvalue weighted by Gasteiger charge is 2.39. The van der Waals surface area contributed by atoms with Gasteiger partial charge in [-0.15, -0.1) is 5.10 Å². The van der Waals surface area contributed by atoms with Crippen molar-refractivity contribution in [3.63, 3.8) is 0 Å². The minimum absolute atomic E-state index is 0.0509. The molecule has 110 valence electrons. The third-order valence-corrected chi connectivity index (χ3v) is 4.35. The van der Waals surface area contributed by atoms with Gasteiger partial charge in [0.1, 0.15) is 5.25 Å². The number of aromatic nitrogens is 3. The molecule has 0 saturated carbocycles. The predicted octanol–water partition coefficient (Wildman–Crippen LogP) is -0.475. The van der Waals surface area contributed by atoms with Crippen LogP contribution in [0.2, 0.25) is 0 Å². The van der Waals surface area contributed by atoms with Crippen LogP contribution in [0.15, 0.2) is 28.9 Å². The van der Waals surface area contributed by atoms with E-state index in [0.29, 0.717) is 5.56 Å². The van der Waals surface area contributed by atoms with E-state index in [1.165, 1.54) is 6.20 Å². The summed E-state index contributed by atoms with van der Waals surface area (Å²) in [7, 11) is -3.78. The van der Waals surface area contributed by atoms with E-state index in [-0.39, 0.29) is 24.9 Å². The van der Waals surface area contributed by atoms with Gasteiger partial charge in [0.15, 0.2) is 0 Å². The summed E-state index contributed by atoms with van der Waals surface area (Å²) in [4.78, 5) is 16.9. The molecule has 1 saturated heterocycles. The molecule has 1 unspecified atom stereocenters. The van der Waals surface area contributed by atoms with Crippen molar-refractivity contribution < 1.29 is 17.6 Å². The maximum Gasteiger partial charge on any atom is 0.325 e. The fourth-order valence-corrected chi connectivity index (χ4v) is 2.74. The second-order valence-electron chi connectivity index (χ2n) is 4.55. The normalized spacial score (nSPS) is 19.2. The molecule has 0 aromatic carbocycles. The van der Waals surface area contributed by atoms with Crippen molar-refractivity contribution in [3.05, 3.63) is 24.5 Å². The van der Waals surface area contributed by atoms with Crippen LogP contribution in [-0.2, 0) is 14.8 Å². The van der Waals surface area contributed by atoms with E-state index < -0.39 is 21.2 Å². The second-order valence-corrected chi connectivity index (χ2v) is 6.40. The van der Waals surface area contributed by atoms with Crippen molar-refractivity contribution in [1.29, 1.82) is 0 Å². The molecule has 1 aliphatic heterocycles. The maximum atomic E-state index is 11.8. The first-order chi connectivity index (χ1) is 9.95. The van der Waals surface area contributed by atoms with Gasteiger partial charge in [-0.25, -0.2) is 13.6 Å². The Morgan fingerprint density at radius 2 is 2.19 bits per heavy atom. The van der Waals surface area contributed by atoms with Gasteiger partial charge < -0.3 is 4.42 Å². The van der Waals surface area contributed by atoms with Gasteiger partial charge in [-0.1, -0.05) is 5.10 Å². The van der Waals surface area contributed by atoms with Crippen LogP contribution in [0.1, 0.15) is 6.42 Å². The molecular weight excluding hydrogens is 298 g/mol. The maximum absolute atomic E-state index is 11.8. The van der Waals surface area contributed by atoms with Gasteiger partial charge in [-0.3, -0.25) is 14.7 Å². The number of rotatable bonds is 3. The highest BCUT2D eigenvalue weighted by atomic mass is 32.2. The lowest BCUT2D eigenvalue weighted by atomic mass is 10.3. The summed E-state index contributed by atoms with van der Waals surface area (Å²) in [5.74, 6) is -0.222. The Hall–Kier alpha value is -2.33. The summed E-state index contributed by atoms with van der Waals surface area (Å²) in [6.45, 7) is -0.0909. The molecule has 1 aliphatic rings. The SMILES string of the molecule is NS(=O)(=O)C1CC(=O)N(c2nnc(-c3cccnc3)o2)C1. The molecular formula is C11H11N5O4S. The molecule has 1 atom stereocenters. The van der Waals surface area contributed by atoms with Crippen molar-refractivity contribution in [2.24, 2.45) is 5.14 Å². The summed E-state index contributed by atoms with van der Waals surface area (Å²) in [6, 6.07) is 3.38. The zero-order valence-electron chi connectivity index (χ0n) is 10.7. The minimum Gasteiger partial charge on any atom is -0.403 e. The Labute approximate surface area is 119 Å². The number of primary sulfonamides is 1. The first-order valence-electron chi connectivity index (χ1n) is 6.01. The molecule has 2 aromatic heterocycles. The fraction of sp³-hybridized carbons (Fsp3) is 0.273. The lowest BCUT2D eigenvalue weighted by Crippen LogP contribution is -2.32. The number of hydrogen-bond donors (Lipinski definition) is 1. The number of carbonyl (C=O) groups is 1. The Bertz CT molecular complexity index is 773. The largest absolute Gasteiger partial charge is 0.403 e. The smallest absolute Gasteiger partial charge is 0.325 e. The molecule has 2 N–H and O–H groups in total. The van der Waals surface area contributed by atoms with Gasteiger partial charge in [-0.2, -0.15) is 0 Å². The number of nitrogens with two attached hydrogens (primary N) is 1. The van der Waals surface area contributed by atoms with Crippen molar-refractivity contribution >= 4 is 21.9 Å². The Kier molecular flexibility index (Phi) is 3.18. The number of sulfonamides is 1. The quantitative estimate of drug-likeness (QED) is 0.810. The van der Waals surface area contributed by atoms with Gasteiger partial charge in [0.25, 0.3) is 5.89 Å². The van der Waals surface area contributed by atoms with Crippen molar-refractivity contribution in [2.45, 2.75) is 11.7 Å². The molecule has 0 aliphatic carbocycles. The van der Waals surface area contributed by atoms with E-state index in [1.807, 2.05) is 0 Å². The summed E-state index contributed by atoms with van der Waals surface area (Å²) < 4.78 is 28.0. The average Bonchev–Trinajstić information content (AvgIpc) is 3.05. The number of pyridine rings is 1. The van der Waals surface area contributed by atoms with Crippen molar-refractivity contribution in [2.75, 3.05) is 11.4 Å². The summed E-state index contributed by atoms with van der Waals surface area (Å²) in [5, 5.41) is 11.7. The van der Waals surface area contributed by atoms with Crippen LogP contribution in [0.5, 0.6) is 0 Å². The first kappa shape index (κ1) is 13.6. The molecule has 9 nitrogen and oxygen atoms in total. The number of carbonyl (C=O) groups excluding carboxylic acids is 1. The molecule has 3 rings (SSSR count). The van der Waals surface area contributed by atoms with E-state index in [2.05, 4.69) is 15.2 Å². The van der Waals surface area contributed by atoms with Crippen LogP contribution in [0.25, 0.3) is 11.5 Å². The second kappa shape index (κ2) is 4.90. The summed E-state index contributed by atoms with van der Waals surface area (Å²) >= 11 is 0. The average molecular weight is 309 g/mol. The monoisotopic (exact) mass is 309 g/mol. The van der Waals surface area contributed by atoms with Gasteiger partial charge in [0.2, 0.25) is 15.9 Å². The highest BCUT2D eigenvalue weighted by molar-refractivity contribution is 7.89. The lowest BCUT2D eigenvalue weighted by molar-refractivity contribution is -0.117. The number of amides is 1. The molecule has 0 spiro atoms. The molecule has 1 amide bonds. The van der Waals surface area contributed by atoms with Crippen LogP contribution in [0.3, 0.4) is 0 Å². The summed E-state index contributed by atoms with van der Waals surface area (Å²) in [6.07, 6.45) is 2.95. The molecule has 21 heavy (non-hydrogen) atoms. The molecule has 2 aromatic rings. The van der Waals surface area contributed by atoms with E-state index in [0.717, 1.165) is 4.90 Å². The molecule has 0 bridgehead atoms. The summed E-state index contributed by atoms with van der Waals surface area (Å²) in [5.41, 5.74) is 0.603. The van der Waals surface area contributed by atoms with Crippen LogP contribution in [0, 0.1) is 0 Å². The van der Waals surface area contributed by atoms with Crippen LogP contribution >= 0.6 is 0 Å². The number of nitrogens with zero attached hydrogens (tertiary/aromatic N) is 4. The predicted molar refractivity (Wildman–Crippen MR) is 71.4 cm³/mol. The van der Waals surface area contributed by atoms with E-state index in [9.17, 15) is 13.2 Å². The van der Waals surface area contributed by atoms with Gasteiger partial charge in [-0.05, 0) is 12.1 Å². The van der Waals surface area contributed by atoms with E-state index in [1.54, 1.807) is 18.3 Å². The van der Waals surface area contributed by atoms with Crippen LogP contribution in [0.4, 0.5) is 6.01 Å². The van der Waals surface area contributed by atoms with Crippen molar-refractivity contribution in [1.82, 2.24) is 15.2 Å². The Morgan fingerprint density at radius 3 is 2.81 bits per heavy atom. The Morgan fingerprint density at radius 1 is 1.38 bits per heavy atom.